The molecule has 1 aromatic carbocycles. The van der Waals surface area contributed by atoms with Gasteiger partial charge in [0.1, 0.15) is 4.75 Å². The van der Waals surface area contributed by atoms with Gasteiger partial charge in [0.05, 0.1) is 4.92 Å². The van der Waals surface area contributed by atoms with E-state index in [1.54, 1.807) is 19.1 Å². The first-order valence-corrected chi connectivity index (χ1v) is 7.05. The van der Waals surface area contributed by atoms with Gasteiger partial charge >= 0.3 is 5.97 Å². The highest BCUT2D eigenvalue weighted by molar-refractivity contribution is 8.01. The van der Waals surface area contributed by atoms with Crippen molar-refractivity contribution in [2.24, 2.45) is 0 Å². The molecule has 0 aromatic heterocycles. The lowest BCUT2D eigenvalue weighted by Gasteiger charge is -2.23. The number of aliphatic carboxylic acids is 1. The maximum absolute atomic E-state index is 11.5. The fraction of sp³-hybridized carbons (Fsp3) is 0.462. The van der Waals surface area contributed by atoms with Crippen LogP contribution in [0.5, 0.6) is 0 Å². The van der Waals surface area contributed by atoms with Gasteiger partial charge in [0, 0.05) is 11.6 Å². The van der Waals surface area contributed by atoms with E-state index in [0.717, 1.165) is 17.7 Å². The zero-order valence-corrected chi connectivity index (χ0v) is 11.4. The zero-order valence-electron chi connectivity index (χ0n) is 10.6. The van der Waals surface area contributed by atoms with Gasteiger partial charge in [-0.1, -0.05) is 12.1 Å². The first-order valence-electron chi connectivity index (χ1n) is 6.06. The van der Waals surface area contributed by atoms with Crippen LogP contribution in [0.15, 0.2) is 18.2 Å². The molecule has 0 amide bonds. The van der Waals surface area contributed by atoms with E-state index in [0.29, 0.717) is 18.4 Å². The lowest BCUT2D eigenvalue weighted by molar-refractivity contribution is -0.385. The third kappa shape index (κ3) is 2.58. The number of rotatable bonds is 4. The molecule has 0 radical (unpaired) electrons. The summed E-state index contributed by atoms with van der Waals surface area (Å²) in [5.41, 5.74) is 1.38. The molecule has 1 N–H and O–H groups in total. The summed E-state index contributed by atoms with van der Waals surface area (Å²) in [6, 6.07) is 4.86. The van der Waals surface area contributed by atoms with E-state index in [9.17, 15) is 20.0 Å². The molecule has 6 heteroatoms. The summed E-state index contributed by atoms with van der Waals surface area (Å²) < 4.78 is -0.819. The minimum Gasteiger partial charge on any atom is -0.480 e. The molecule has 1 aromatic rings. The fourth-order valence-electron chi connectivity index (χ4n) is 2.45. The van der Waals surface area contributed by atoms with Crippen molar-refractivity contribution in [1.29, 1.82) is 0 Å². The third-order valence-electron chi connectivity index (χ3n) is 3.58. The summed E-state index contributed by atoms with van der Waals surface area (Å²) in [6.07, 6.45) is 1.85. The summed E-state index contributed by atoms with van der Waals surface area (Å²) in [7, 11) is 0. The SMILES string of the molecule is Cc1c(CC2(C(=O)O)CCCS2)cccc1[N+](=O)[O-]. The number of benzene rings is 1. The van der Waals surface area contributed by atoms with Crippen LogP contribution in [0.2, 0.25) is 0 Å². The third-order valence-corrected chi connectivity index (χ3v) is 5.15. The van der Waals surface area contributed by atoms with E-state index in [1.165, 1.54) is 17.8 Å². The van der Waals surface area contributed by atoms with E-state index in [4.69, 9.17) is 0 Å². The molecular formula is C13H15NO4S. The van der Waals surface area contributed by atoms with Gasteiger partial charge in [-0.2, -0.15) is 0 Å². The number of hydrogen-bond acceptors (Lipinski definition) is 4. The molecule has 0 spiro atoms. The summed E-state index contributed by atoms with van der Waals surface area (Å²) in [6.45, 7) is 1.68. The Kier molecular flexibility index (Phi) is 3.80. The molecule has 102 valence electrons. The van der Waals surface area contributed by atoms with Gasteiger partial charge in [-0.3, -0.25) is 14.9 Å². The Balaban J connectivity index is 2.35. The molecule has 1 heterocycles. The molecule has 0 aliphatic carbocycles. The zero-order chi connectivity index (χ0) is 14.0. The van der Waals surface area contributed by atoms with Crippen molar-refractivity contribution in [3.63, 3.8) is 0 Å². The van der Waals surface area contributed by atoms with E-state index in [-0.39, 0.29) is 5.69 Å². The number of carboxylic acids is 1. The lowest BCUT2D eigenvalue weighted by atomic mass is 9.91. The number of hydrogen-bond donors (Lipinski definition) is 1. The molecule has 5 nitrogen and oxygen atoms in total. The standard InChI is InChI=1S/C13H15NO4S/c1-9-10(4-2-5-11(9)14(17)18)8-13(12(15)16)6-3-7-19-13/h2,4-5H,3,6-8H2,1H3,(H,15,16). The minimum atomic E-state index is -0.819. The monoisotopic (exact) mass is 281 g/mol. The van der Waals surface area contributed by atoms with Gasteiger partial charge in [0.15, 0.2) is 0 Å². The molecule has 1 fully saturated rings. The normalized spacial score (nSPS) is 22.4. The molecule has 0 bridgehead atoms. The van der Waals surface area contributed by atoms with Gasteiger partial charge in [-0.15, -0.1) is 11.8 Å². The van der Waals surface area contributed by atoms with E-state index >= 15 is 0 Å². The summed E-state index contributed by atoms with van der Waals surface area (Å²) in [5.74, 6) is 0.0150. The number of thioether (sulfide) groups is 1. The second kappa shape index (κ2) is 5.21. The average Bonchev–Trinajstić information content (AvgIpc) is 2.81. The molecular weight excluding hydrogens is 266 g/mol. The van der Waals surface area contributed by atoms with Crippen molar-refractivity contribution in [3.05, 3.63) is 39.4 Å². The second-order valence-electron chi connectivity index (χ2n) is 4.75. The van der Waals surface area contributed by atoms with Crippen LogP contribution in [-0.4, -0.2) is 26.5 Å². The Morgan fingerprint density at radius 2 is 2.32 bits per heavy atom. The van der Waals surface area contributed by atoms with Gasteiger partial charge in [0.2, 0.25) is 0 Å². The summed E-state index contributed by atoms with van der Waals surface area (Å²) in [5, 5.41) is 20.3. The molecule has 1 atom stereocenters. The quantitative estimate of drug-likeness (QED) is 0.678. The first kappa shape index (κ1) is 13.9. The van der Waals surface area contributed by atoms with Crippen LogP contribution in [0.1, 0.15) is 24.0 Å². The summed E-state index contributed by atoms with van der Waals surface area (Å²) in [4.78, 5) is 22.0. The molecule has 2 rings (SSSR count). The van der Waals surface area contributed by atoms with E-state index in [1.807, 2.05) is 0 Å². The maximum Gasteiger partial charge on any atom is 0.320 e. The highest BCUT2D eigenvalue weighted by Gasteiger charge is 2.42. The Morgan fingerprint density at radius 1 is 1.58 bits per heavy atom. The van der Waals surface area contributed by atoms with Crippen LogP contribution < -0.4 is 0 Å². The van der Waals surface area contributed by atoms with Crippen LogP contribution >= 0.6 is 11.8 Å². The highest BCUT2D eigenvalue weighted by Crippen LogP contribution is 2.42. The van der Waals surface area contributed by atoms with Gasteiger partial charge < -0.3 is 5.11 Å². The first-order chi connectivity index (χ1) is 8.96. The van der Waals surface area contributed by atoms with Crippen LogP contribution in [-0.2, 0) is 11.2 Å². The van der Waals surface area contributed by atoms with Crippen LogP contribution in [0.25, 0.3) is 0 Å². The van der Waals surface area contributed by atoms with Crippen LogP contribution in [0.4, 0.5) is 5.69 Å². The van der Waals surface area contributed by atoms with Crippen molar-refractivity contribution in [1.82, 2.24) is 0 Å². The van der Waals surface area contributed by atoms with Crippen LogP contribution in [0.3, 0.4) is 0 Å². The van der Waals surface area contributed by atoms with E-state index < -0.39 is 15.6 Å². The number of nitro groups is 1. The smallest absolute Gasteiger partial charge is 0.320 e. The second-order valence-corrected chi connectivity index (χ2v) is 6.23. The predicted molar refractivity (Wildman–Crippen MR) is 73.6 cm³/mol. The topological polar surface area (TPSA) is 80.4 Å². The highest BCUT2D eigenvalue weighted by atomic mass is 32.2. The lowest BCUT2D eigenvalue weighted by Crippen LogP contribution is -2.35. The molecule has 1 aliphatic heterocycles. The average molecular weight is 281 g/mol. The van der Waals surface area contributed by atoms with Gasteiger partial charge in [-0.25, -0.2) is 0 Å². The Labute approximate surface area is 115 Å². The Morgan fingerprint density at radius 3 is 2.84 bits per heavy atom. The number of nitrogens with zero attached hydrogens (tertiary/aromatic N) is 1. The van der Waals surface area contributed by atoms with Crippen molar-refractivity contribution < 1.29 is 14.8 Å². The maximum atomic E-state index is 11.5. The molecule has 1 saturated heterocycles. The largest absolute Gasteiger partial charge is 0.480 e. The van der Waals surface area contributed by atoms with Crippen LogP contribution in [0, 0.1) is 17.0 Å². The molecule has 0 saturated carbocycles. The Hall–Kier alpha value is -1.56. The molecule has 1 aliphatic rings. The number of nitro benzene ring substituents is 1. The van der Waals surface area contributed by atoms with Gasteiger partial charge in [0.25, 0.3) is 5.69 Å². The van der Waals surface area contributed by atoms with Crippen molar-refractivity contribution in [2.75, 3.05) is 5.75 Å². The predicted octanol–water partition coefficient (Wildman–Crippen LogP) is 2.80. The number of carbonyl (C=O) groups is 1. The Bertz CT molecular complexity index is 523. The van der Waals surface area contributed by atoms with Gasteiger partial charge in [-0.05, 0) is 37.5 Å². The van der Waals surface area contributed by atoms with E-state index in [2.05, 4.69) is 0 Å². The molecule has 19 heavy (non-hydrogen) atoms. The van der Waals surface area contributed by atoms with Crippen molar-refractivity contribution in [3.8, 4) is 0 Å². The fourth-order valence-corrected chi connectivity index (χ4v) is 3.80. The number of carboxylic acid groups (broad SMARTS) is 1. The summed E-state index contributed by atoms with van der Waals surface area (Å²) >= 11 is 1.45. The van der Waals surface area contributed by atoms with Crippen molar-refractivity contribution >= 4 is 23.4 Å². The minimum absolute atomic E-state index is 0.0565. The van der Waals surface area contributed by atoms with Crippen molar-refractivity contribution in [2.45, 2.75) is 30.9 Å². The molecule has 1 unspecified atom stereocenters.